The third-order valence-electron chi connectivity index (χ3n) is 3.83. The molecule has 0 aliphatic carbocycles. The van der Waals surface area contributed by atoms with Crippen molar-refractivity contribution in [1.82, 2.24) is 5.32 Å². The molecule has 0 saturated heterocycles. The highest BCUT2D eigenvalue weighted by molar-refractivity contribution is 5.97. The molecular weight excluding hydrogens is 386 g/mol. The summed E-state index contributed by atoms with van der Waals surface area (Å²) in [4.78, 5) is 36.0. The maximum Gasteiger partial charge on any atom is 0.308 e. The fourth-order valence-electron chi connectivity index (χ4n) is 2.34. The van der Waals surface area contributed by atoms with E-state index in [4.69, 9.17) is 9.47 Å². The summed E-state index contributed by atoms with van der Waals surface area (Å²) >= 11 is 0. The number of nitrogens with one attached hydrogen (secondary N) is 2. The zero-order chi connectivity index (χ0) is 21.4. The summed E-state index contributed by atoms with van der Waals surface area (Å²) < 4.78 is 36.5. The highest BCUT2D eigenvalue weighted by Crippen LogP contribution is 2.17. The number of carbonyl (C=O) groups excluding carboxylic acids is 3. The molecule has 0 aromatic heterocycles. The van der Waals surface area contributed by atoms with Crippen molar-refractivity contribution < 1.29 is 32.6 Å². The molecule has 2 amide bonds. The second-order valence-corrected chi connectivity index (χ2v) is 5.95. The van der Waals surface area contributed by atoms with Gasteiger partial charge in [-0.15, -0.1) is 0 Å². The van der Waals surface area contributed by atoms with Crippen molar-refractivity contribution in [3.05, 3.63) is 59.7 Å². The Morgan fingerprint density at radius 2 is 1.83 bits per heavy atom. The van der Waals surface area contributed by atoms with E-state index in [1.165, 1.54) is 14.0 Å². The fraction of sp³-hybridized carbons (Fsp3) is 0.250. The summed E-state index contributed by atoms with van der Waals surface area (Å²) in [5.74, 6) is -3.26. The lowest BCUT2D eigenvalue weighted by Crippen LogP contribution is -2.32. The van der Waals surface area contributed by atoms with Crippen LogP contribution in [-0.4, -0.2) is 37.5 Å². The largest absolute Gasteiger partial charge is 0.496 e. The average Bonchev–Trinajstić information content (AvgIpc) is 2.69. The Labute approximate surface area is 166 Å². The molecule has 0 aliphatic heterocycles. The summed E-state index contributed by atoms with van der Waals surface area (Å²) in [6, 6.07) is 9.27. The Balaban J connectivity index is 1.79. The van der Waals surface area contributed by atoms with Crippen LogP contribution in [0.2, 0.25) is 0 Å². The topological polar surface area (TPSA) is 93.7 Å². The lowest BCUT2D eigenvalue weighted by atomic mass is 10.2. The fourth-order valence-corrected chi connectivity index (χ4v) is 2.34. The van der Waals surface area contributed by atoms with Crippen LogP contribution in [0.3, 0.4) is 0 Å². The second kappa shape index (κ2) is 10.2. The predicted octanol–water partition coefficient (Wildman–Crippen LogP) is 2.66. The predicted molar refractivity (Wildman–Crippen MR) is 100 cm³/mol. The first-order valence-corrected chi connectivity index (χ1v) is 8.68. The van der Waals surface area contributed by atoms with Crippen molar-refractivity contribution in [1.29, 1.82) is 0 Å². The van der Waals surface area contributed by atoms with Gasteiger partial charge in [0.2, 0.25) is 0 Å². The van der Waals surface area contributed by atoms with E-state index in [1.54, 1.807) is 24.3 Å². The van der Waals surface area contributed by atoms with Gasteiger partial charge >= 0.3 is 5.97 Å². The van der Waals surface area contributed by atoms with E-state index >= 15 is 0 Å². The molecule has 29 heavy (non-hydrogen) atoms. The number of hydrogen-bond donors (Lipinski definition) is 2. The summed E-state index contributed by atoms with van der Waals surface area (Å²) in [5, 5.41) is 4.76. The van der Waals surface area contributed by atoms with Crippen LogP contribution in [-0.2, 0) is 14.3 Å². The molecule has 0 radical (unpaired) electrons. The monoisotopic (exact) mass is 406 g/mol. The first-order chi connectivity index (χ1) is 13.8. The van der Waals surface area contributed by atoms with Crippen LogP contribution < -0.4 is 15.4 Å². The zero-order valence-corrected chi connectivity index (χ0v) is 15.8. The van der Waals surface area contributed by atoms with E-state index < -0.39 is 35.5 Å². The number of benzene rings is 2. The van der Waals surface area contributed by atoms with Gasteiger partial charge < -0.3 is 20.1 Å². The molecule has 0 unspecified atom stereocenters. The molecule has 2 N–H and O–H groups in total. The van der Waals surface area contributed by atoms with Crippen molar-refractivity contribution in [3.63, 3.8) is 0 Å². The van der Waals surface area contributed by atoms with Crippen LogP contribution in [0.5, 0.6) is 5.75 Å². The highest BCUT2D eigenvalue weighted by Gasteiger charge is 2.19. The van der Waals surface area contributed by atoms with Crippen LogP contribution in [0.4, 0.5) is 14.5 Å². The van der Waals surface area contributed by atoms with Gasteiger partial charge in [0.15, 0.2) is 6.10 Å². The molecule has 0 spiro atoms. The van der Waals surface area contributed by atoms with Gasteiger partial charge in [-0.2, -0.15) is 0 Å². The molecule has 154 valence electrons. The lowest BCUT2D eigenvalue weighted by Gasteiger charge is -2.14. The average molecular weight is 406 g/mol. The summed E-state index contributed by atoms with van der Waals surface area (Å²) in [6.07, 6.45) is -1.39. The van der Waals surface area contributed by atoms with Crippen molar-refractivity contribution >= 4 is 23.5 Å². The van der Waals surface area contributed by atoms with Crippen molar-refractivity contribution in [3.8, 4) is 5.75 Å². The number of amides is 2. The number of ether oxygens (including phenoxy) is 2. The number of esters is 1. The minimum Gasteiger partial charge on any atom is -0.496 e. The first kappa shape index (κ1) is 21.8. The minimum absolute atomic E-state index is 0.0172. The number of hydrogen-bond acceptors (Lipinski definition) is 5. The van der Waals surface area contributed by atoms with Gasteiger partial charge in [0.25, 0.3) is 11.8 Å². The number of rotatable bonds is 8. The van der Waals surface area contributed by atoms with E-state index in [-0.39, 0.29) is 18.7 Å². The van der Waals surface area contributed by atoms with Crippen LogP contribution in [0.1, 0.15) is 23.7 Å². The molecule has 2 aromatic rings. The molecule has 7 nitrogen and oxygen atoms in total. The Hall–Kier alpha value is -3.49. The van der Waals surface area contributed by atoms with E-state index in [0.29, 0.717) is 17.4 Å². The van der Waals surface area contributed by atoms with E-state index in [0.717, 1.165) is 12.1 Å². The zero-order valence-electron chi connectivity index (χ0n) is 15.8. The van der Waals surface area contributed by atoms with Gasteiger partial charge in [-0.1, -0.05) is 12.1 Å². The maximum absolute atomic E-state index is 13.6. The Morgan fingerprint density at radius 3 is 2.52 bits per heavy atom. The molecule has 1 atom stereocenters. The molecule has 0 bridgehead atoms. The number of halogens is 2. The highest BCUT2D eigenvalue weighted by atomic mass is 19.1. The molecule has 0 fully saturated rings. The Kier molecular flexibility index (Phi) is 7.64. The molecule has 2 rings (SSSR count). The second-order valence-electron chi connectivity index (χ2n) is 5.95. The van der Waals surface area contributed by atoms with Gasteiger partial charge in [0, 0.05) is 12.6 Å². The molecule has 0 heterocycles. The summed E-state index contributed by atoms with van der Waals surface area (Å²) in [7, 11) is 1.44. The van der Waals surface area contributed by atoms with Crippen molar-refractivity contribution in [2.24, 2.45) is 0 Å². The molecule has 0 saturated carbocycles. The number of carbonyl (C=O) groups is 3. The van der Waals surface area contributed by atoms with Gasteiger partial charge in [-0.3, -0.25) is 14.4 Å². The summed E-state index contributed by atoms with van der Waals surface area (Å²) in [5.41, 5.74) is 0.0841. The third-order valence-corrected chi connectivity index (χ3v) is 3.83. The Bertz CT molecular complexity index is 904. The summed E-state index contributed by atoms with van der Waals surface area (Å²) in [6.45, 7) is 1.29. The first-order valence-electron chi connectivity index (χ1n) is 8.68. The van der Waals surface area contributed by atoms with Gasteiger partial charge in [-0.05, 0) is 31.2 Å². The van der Waals surface area contributed by atoms with Crippen LogP contribution in [0.25, 0.3) is 0 Å². The Morgan fingerprint density at radius 1 is 1.10 bits per heavy atom. The van der Waals surface area contributed by atoms with E-state index in [1.807, 2.05) is 0 Å². The third kappa shape index (κ3) is 6.27. The van der Waals surface area contributed by atoms with E-state index in [9.17, 15) is 23.2 Å². The standard InChI is InChI=1S/C20H20F2N2O5/c1-12(19(26)24-16-8-7-13(21)11-15(16)22)29-18(25)9-10-23-20(27)14-5-3-4-6-17(14)28-2/h3-8,11-12H,9-10H2,1-2H3,(H,23,27)(H,24,26)/t12-/m0/s1. The normalized spacial score (nSPS) is 11.3. The smallest absolute Gasteiger partial charge is 0.308 e. The number of para-hydroxylation sites is 1. The SMILES string of the molecule is COc1ccccc1C(=O)NCCC(=O)O[C@@H](C)C(=O)Nc1ccc(F)cc1F. The van der Waals surface area contributed by atoms with Gasteiger partial charge in [-0.25, -0.2) is 8.78 Å². The van der Waals surface area contributed by atoms with Crippen LogP contribution in [0.15, 0.2) is 42.5 Å². The van der Waals surface area contributed by atoms with Crippen LogP contribution in [0, 0.1) is 11.6 Å². The molecule has 9 heteroatoms. The van der Waals surface area contributed by atoms with Crippen molar-refractivity contribution in [2.75, 3.05) is 19.0 Å². The lowest BCUT2D eigenvalue weighted by molar-refractivity contribution is -0.153. The van der Waals surface area contributed by atoms with E-state index in [2.05, 4.69) is 10.6 Å². The molecule has 0 aliphatic rings. The van der Waals surface area contributed by atoms with Crippen molar-refractivity contribution in [2.45, 2.75) is 19.4 Å². The van der Waals surface area contributed by atoms with Gasteiger partial charge in [0.1, 0.15) is 17.4 Å². The maximum atomic E-state index is 13.6. The molecule has 2 aromatic carbocycles. The molecular formula is C20H20F2N2O5. The van der Waals surface area contributed by atoms with Crippen LogP contribution >= 0.6 is 0 Å². The number of methoxy groups -OCH3 is 1. The van der Waals surface area contributed by atoms with Gasteiger partial charge in [0.05, 0.1) is 24.8 Å². The quantitative estimate of drug-likeness (QED) is 0.658. The minimum atomic E-state index is -1.21. The number of anilines is 1.